The first-order valence-electron chi connectivity index (χ1n) is 11.6. The van der Waals surface area contributed by atoms with Crippen LogP contribution in [0.25, 0.3) is 11.3 Å². The second kappa shape index (κ2) is 9.02. The highest BCUT2D eigenvalue weighted by atomic mass is 16.5. The lowest BCUT2D eigenvalue weighted by atomic mass is 9.89. The second-order valence-electron chi connectivity index (χ2n) is 9.15. The number of hydrogen-bond acceptors (Lipinski definition) is 7. The third-order valence-corrected chi connectivity index (χ3v) is 6.85. The van der Waals surface area contributed by atoms with Crippen molar-refractivity contribution in [2.24, 2.45) is 5.92 Å². The summed E-state index contributed by atoms with van der Waals surface area (Å²) in [5, 5.41) is 4.10. The van der Waals surface area contributed by atoms with Gasteiger partial charge in [-0.2, -0.15) is 0 Å². The summed E-state index contributed by atoms with van der Waals surface area (Å²) in [7, 11) is 0. The Kier molecular flexibility index (Phi) is 6.00. The lowest BCUT2D eigenvalue weighted by Gasteiger charge is -2.34. The van der Waals surface area contributed by atoms with Crippen LogP contribution in [-0.4, -0.2) is 66.0 Å². The molecule has 1 atom stereocenters. The summed E-state index contributed by atoms with van der Waals surface area (Å²) < 4.78 is 11.2. The minimum absolute atomic E-state index is 0.438. The molecule has 0 N–H and O–H groups in total. The van der Waals surface area contributed by atoms with Crippen LogP contribution in [0.4, 0.5) is 5.95 Å². The second-order valence-corrected chi connectivity index (χ2v) is 9.15. The fourth-order valence-corrected chi connectivity index (χ4v) is 5.10. The predicted molar refractivity (Wildman–Crippen MR) is 116 cm³/mol. The lowest BCUT2D eigenvalue weighted by molar-refractivity contribution is 0.151. The third-order valence-electron chi connectivity index (χ3n) is 6.85. The van der Waals surface area contributed by atoms with Gasteiger partial charge in [-0.25, -0.2) is 9.97 Å². The average Bonchev–Trinajstić information content (AvgIpc) is 3.46. The Morgan fingerprint density at radius 3 is 2.60 bits per heavy atom. The molecule has 0 aliphatic carbocycles. The molecule has 7 heteroatoms. The van der Waals surface area contributed by atoms with Gasteiger partial charge in [0.1, 0.15) is 0 Å². The zero-order chi connectivity index (χ0) is 20.3. The smallest absolute Gasteiger partial charge is 0.225 e. The van der Waals surface area contributed by atoms with Gasteiger partial charge >= 0.3 is 0 Å². The number of anilines is 1. The Hall–Kier alpha value is -1.99. The Morgan fingerprint density at radius 1 is 1.07 bits per heavy atom. The highest BCUT2D eigenvalue weighted by Gasteiger charge is 2.29. The standard InChI is InChI=1S/C23H33N5O2/c1-17-13-21(30-26-17)20-14-24-23(28-8-3-2-4-9-28)25-22(20)19-5-10-27(11-6-19)15-18-7-12-29-16-18/h13-14,18-19H,2-12,15-16H2,1H3/t18-/m1/s1. The average molecular weight is 412 g/mol. The van der Waals surface area contributed by atoms with Crippen LogP contribution in [0, 0.1) is 12.8 Å². The lowest BCUT2D eigenvalue weighted by Crippen LogP contribution is -2.37. The van der Waals surface area contributed by atoms with E-state index < -0.39 is 0 Å². The summed E-state index contributed by atoms with van der Waals surface area (Å²) in [5.74, 6) is 2.82. The van der Waals surface area contributed by atoms with Crippen LogP contribution in [0.5, 0.6) is 0 Å². The SMILES string of the molecule is Cc1cc(-c2cnc(N3CCCCC3)nc2C2CCN(C[C@H]3CCOC3)CC2)on1. The molecule has 0 amide bonds. The van der Waals surface area contributed by atoms with E-state index in [0.717, 1.165) is 80.9 Å². The highest BCUT2D eigenvalue weighted by molar-refractivity contribution is 5.61. The van der Waals surface area contributed by atoms with Gasteiger partial charge < -0.3 is 19.1 Å². The van der Waals surface area contributed by atoms with E-state index in [1.807, 2.05) is 19.2 Å². The molecule has 0 unspecified atom stereocenters. The molecule has 3 aliphatic rings. The van der Waals surface area contributed by atoms with Gasteiger partial charge in [0, 0.05) is 44.4 Å². The van der Waals surface area contributed by atoms with E-state index in [2.05, 4.69) is 15.0 Å². The number of aromatic nitrogens is 3. The molecular weight excluding hydrogens is 378 g/mol. The van der Waals surface area contributed by atoms with E-state index in [1.54, 1.807) is 0 Å². The van der Waals surface area contributed by atoms with Crippen molar-refractivity contribution in [1.29, 1.82) is 0 Å². The van der Waals surface area contributed by atoms with Crippen molar-refractivity contribution >= 4 is 5.95 Å². The molecule has 3 saturated heterocycles. The third kappa shape index (κ3) is 4.37. The zero-order valence-corrected chi connectivity index (χ0v) is 18.1. The van der Waals surface area contributed by atoms with Crippen LogP contribution in [0.1, 0.15) is 55.8 Å². The molecule has 5 heterocycles. The first-order valence-corrected chi connectivity index (χ1v) is 11.6. The van der Waals surface area contributed by atoms with Gasteiger partial charge in [0.15, 0.2) is 5.76 Å². The number of ether oxygens (including phenoxy) is 1. The highest BCUT2D eigenvalue weighted by Crippen LogP contribution is 2.35. The van der Waals surface area contributed by atoms with Crippen molar-refractivity contribution in [3.05, 3.63) is 23.7 Å². The van der Waals surface area contributed by atoms with Crippen molar-refractivity contribution in [2.75, 3.05) is 50.8 Å². The van der Waals surface area contributed by atoms with Crippen LogP contribution >= 0.6 is 0 Å². The van der Waals surface area contributed by atoms with Crippen LogP contribution in [0.2, 0.25) is 0 Å². The van der Waals surface area contributed by atoms with Crippen molar-refractivity contribution in [3.63, 3.8) is 0 Å². The molecule has 2 aromatic heterocycles. The van der Waals surface area contributed by atoms with Gasteiger partial charge in [-0.3, -0.25) is 0 Å². The maximum atomic E-state index is 5.61. The Labute approximate surface area is 178 Å². The Bertz CT molecular complexity index is 834. The summed E-state index contributed by atoms with van der Waals surface area (Å²) in [6.45, 7) is 9.36. The first-order chi connectivity index (χ1) is 14.8. The van der Waals surface area contributed by atoms with Crippen LogP contribution in [-0.2, 0) is 4.74 Å². The van der Waals surface area contributed by atoms with Gasteiger partial charge in [-0.1, -0.05) is 5.16 Å². The quantitative estimate of drug-likeness (QED) is 0.744. The minimum Gasteiger partial charge on any atom is -0.381 e. The topological polar surface area (TPSA) is 67.5 Å². The molecule has 7 nitrogen and oxygen atoms in total. The van der Waals surface area contributed by atoms with E-state index in [1.165, 1.54) is 32.2 Å². The number of likely N-dealkylation sites (tertiary alicyclic amines) is 1. The molecule has 0 spiro atoms. The largest absolute Gasteiger partial charge is 0.381 e. The maximum absolute atomic E-state index is 5.61. The van der Waals surface area contributed by atoms with Gasteiger partial charge in [-0.05, 0) is 64.5 Å². The molecule has 0 saturated carbocycles. The molecule has 30 heavy (non-hydrogen) atoms. The van der Waals surface area contributed by atoms with E-state index in [9.17, 15) is 0 Å². The maximum Gasteiger partial charge on any atom is 0.225 e. The molecule has 0 bridgehead atoms. The van der Waals surface area contributed by atoms with Crippen LogP contribution < -0.4 is 4.90 Å². The normalized spacial score (nSPS) is 23.9. The summed E-state index contributed by atoms with van der Waals surface area (Å²) >= 11 is 0. The Balaban J connectivity index is 1.36. The van der Waals surface area contributed by atoms with E-state index in [0.29, 0.717) is 11.8 Å². The molecule has 5 rings (SSSR count). The monoisotopic (exact) mass is 411 g/mol. The van der Waals surface area contributed by atoms with Gasteiger partial charge in [0.2, 0.25) is 5.95 Å². The number of rotatable bonds is 5. The molecule has 0 aromatic carbocycles. The summed E-state index contributed by atoms with van der Waals surface area (Å²) in [6, 6.07) is 2.00. The molecule has 2 aromatic rings. The molecule has 3 aliphatic heterocycles. The fraction of sp³-hybridized carbons (Fsp3) is 0.696. The summed E-state index contributed by atoms with van der Waals surface area (Å²) in [6.07, 6.45) is 9.20. The molecule has 3 fully saturated rings. The number of aryl methyl sites for hydroxylation is 1. The van der Waals surface area contributed by atoms with Crippen LogP contribution in [0.3, 0.4) is 0 Å². The molecule has 0 radical (unpaired) electrons. The van der Waals surface area contributed by atoms with Crippen molar-refractivity contribution in [3.8, 4) is 11.3 Å². The van der Waals surface area contributed by atoms with Crippen LogP contribution in [0.15, 0.2) is 16.8 Å². The van der Waals surface area contributed by atoms with Gasteiger partial charge in [0.25, 0.3) is 0 Å². The Morgan fingerprint density at radius 2 is 1.90 bits per heavy atom. The molecular formula is C23H33N5O2. The minimum atomic E-state index is 0.438. The fourth-order valence-electron chi connectivity index (χ4n) is 5.10. The predicted octanol–water partition coefficient (Wildman–Crippen LogP) is 3.65. The van der Waals surface area contributed by atoms with Gasteiger partial charge in [0.05, 0.1) is 23.6 Å². The van der Waals surface area contributed by atoms with Gasteiger partial charge in [-0.15, -0.1) is 0 Å². The number of nitrogens with zero attached hydrogens (tertiary/aromatic N) is 5. The van der Waals surface area contributed by atoms with E-state index in [4.69, 9.17) is 19.2 Å². The van der Waals surface area contributed by atoms with Crippen molar-refractivity contribution in [1.82, 2.24) is 20.0 Å². The van der Waals surface area contributed by atoms with E-state index in [-0.39, 0.29) is 0 Å². The summed E-state index contributed by atoms with van der Waals surface area (Å²) in [4.78, 5) is 14.8. The zero-order valence-electron chi connectivity index (χ0n) is 18.1. The number of hydrogen-bond donors (Lipinski definition) is 0. The summed E-state index contributed by atoms with van der Waals surface area (Å²) in [5.41, 5.74) is 3.05. The first kappa shape index (κ1) is 19.9. The molecule has 162 valence electrons. The van der Waals surface area contributed by atoms with E-state index >= 15 is 0 Å². The van der Waals surface area contributed by atoms with Crippen molar-refractivity contribution < 1.29 is 9.26 Å². The number of piperidine rings is 2. The van der Waals surface area contributed by atoms with Crippen molar-refractivity contribution in [2.45, 2.75) is 51.4 Å².